The van der Waals surface area contributed by atoms with Crippen LogP contribution in [0.25, 0.3) is 5.69 Å². The van der Waals surface area contributed by atoms with E-state index < -0.39 is 0 Å². The third-order valence-corrected chi connectivity index (χ3v) is 5.58. The molecule has 2 aliphatic rings. The van der Waals surface area contributed by atoms with E-state index in [-0.39, 0.29) is 5.60 Å². The molecule has 0 saturated carbocycles. The van der Waals surface area contributed by atoms with E-state index in [0.29, 0.717) is 5.92 Å². The van der Waals surface area contributed by atoms with Gasteiger partial charge in [0.1, 0.15) is 5.82 Å². The Hall–Kier alpha value is -1.65. The highest BCUT2D eigenvalue weighted by molar-refractivity contribution is 5.42. The van der Waals surface area contributed by atoms with Gasteiger partial charge < -0.3 is 9.30 Å². The summed E-state index contributed by atoms with van der Waals surface area (Å²) in [5.74, 6) is 1.64. The second-order valence-corrected chi connectivity index (χ2v) is 8.07. The summed E-state index contributed by atoms with van der Waals surface area (Å²) in [5, 5.41) is 0. The average molecular weight is 339 g/mol. The van der Waals surface area contributed by atoms with E-state index in [4.69, 9.17) is 9.72 Å². The smallest absolute Gasteiger partial charge is 0.116 e. The Balaban J connectivity index is 1.64. The van der Waals surface area contributed by atoms with Crippen LogP contribution in [-0.2, 0) is 11.3 Å². The summed E-state index contributed by atoms with van der Waals surface area (Å²) >= 11 is 0. The van der Waals surface area contributed by atoms with Crippen molar-refractivity contribution in [2.24, 2.45) is 0 Å². The first kappa shape index (κ1) is 16.8. The normalized spacial score (nSPS) is 23.8. The number of aromatic nitrogens is 2. The quantitative estimate of drug-likeness (QED) is 0.838. The van der Waals surface area contributed by atoms with Gasteiger partial charge in [-0.25, -0.2) is 4.98 Å². The Morgan fingerprint density at radius 3 is 2.80 bits per heavy atom. The summed E-state index contributed by atoms with van der Waals surface area (Å²) < 4.78 is 8.22. The maximum absolute atomic E-state index is 5.91. The molecular weight excluding hydrogens is 310 g/mol. The Morgan fingerprint density at radius 2 is 2.00 bits per heavy atom. The van der Waals surface area contributed by atoms with Gasteiger partial charge in [0.2, 0.25) is 0 Å². The minimum atomic E-state index is -0.0607. The fourth-order valence-corrected chi connectivity index (χ4v) is 4.33. The van der Waals surface area contributed by atoms with Crippen molar-refractivity contribution in [3.63, 3.8) is 0 Å². The Labute approximate surface area is 150 Å². The van der Waals surface area contributed by atoms with Gasteiger partial charge in [0.15, 0.2) is 0 Å². The van der Waals surface area contributed by atoms with E-state index in [1.807, 2.05) is 6.20 Å². The van der Waals surface area contributed by atoms with Gasteiger partial charge in [-0.2, -0.15) is 0 Å². The van der Waals surface area contributed by atoms with Crippen molar-refractivity contribution in [3.8, 4) is 5.69 Å². The second-order valence-electron chi connectivity index (χ2n) is 8.07. The summed E-state index contributed by atoms with van der Waals surface area (Å²) in [6.45, 7) is 8.67. The van der Waals surface area contributed by atoms with Crippen molar-refractivity contribution in [1.29, 1.82) is 0 Å². The number of ether oxygens (including phenoxy) is 1. The number of hydrogen-bond acceptors (Lipinski definition) is 3. The van der Waals surface area contributed by atoms with Crippen molar-refractivity contribution < 1.29 is 4.74 Å². The molecule has 0 spiro atoms. The molecule has 1 aromatic heterocycles. The minimum absolute atomic E-state index is 0.0607. The van der Waals surface area contributed by atoms with Crippen molar-refractivity contribution in [2.45, 2.75) is 57.6 Å². The monoisotopic (exact) mass is 339 g/mol. The van der Waals surface area contributed by atoms with Crippen LogP contribution in [-0.4, -0.2) is 39.7 Å². The van der Waals surface area contributed by atoms with Gasteiger partial charge in [-0.05, 0) is 64.3 Å². The second kappa shape index (κ2) is 6.93. The molecule has 1 aromatic carbocycles. The molecule has 2 aliphatic heterocycles. The van der Waals surface area contributed by atoms with Gasteiger partial charge in [0.05, 0.1) is 11.3 Å². The van der Waals surface area contributed by atoms with Crippen LogP contribution in [0.2, 0.25) is 0 Å². The van der Waals surface area contributed by atoms with Crippen molar-refractivity contribution in [3.05, 3.63) is 48.0 Å². The third kappa shape index (κ3) is 3.65. The largest absolute Gasteiger partial charge is 0.376 e. The lowest BCUT2D eigenvalue weighted by molar-refractivity contribution is -0.0604. The van der Waals surface area contributed by atoms with Crippen LogP contribution in [0.1, 0.15) is 56.8 Å². The van der Waals surface area contributed by atoms with Gasteiger partial charge in [0.25, 0.3) is 0 Å². The first-order valence-electron chi connectivity index (χ1n) is 9.60. The molecule has 2 saturated heterocycles. The molecule has 2 fully saturated rings. The molecule has 0 N–H and O–H groups in total. The van der Waals surface area contributed by atoms with Gasteiger partial charge >= 0.3 is 0 Å². The highest BCUT2D eigenvalue weighted by Gasteiger charge is 2.32. The molecule has 0 unspecified atom stereocenters. The molecule has 4 rings (SSSR count). The number of imidazole rings is 1. The summed E-state index contributed by atoms with van der Waals surface area (Å²) in [4.78, 5) is 7.31. The molecule has 4 nitrogen and oxygen atoms in total. The molecule has 134 valence electrons. The van der Waals surface area contributed by atoms with Crippen LogP contribution in [0, 0.1) is 0 Å². The maximum Gasteiger partial charge on any atom is 0.116 e. The molecule has 1 atom stereocenters. The summed E-state index contributed by atoms with van der Waals surface area (Å²) in [5.41, 5.74) is 2.62. The molecule has 4 heteroatoms. The van der Waals surface area contributed by atoms with Gasteiger partial charge in [-0.3, -0.25) is 4.90 Å². The highest BCUT2D eigenvalue weighted by atomic mass is 16.5. The van der Waals surface area contributed by atoms with Gasteiger partial charge in [-0.1, -0.05) is 18.2 Å². The Morgan fingerprint density at radius 1 is 1.20 bits per heavy atom. The zero-order valence-electron chi connectivity index (χ0n) is 15.4. The van der Waals surface area contributed by atoms with Crippen LogP contribution in [0.15, 0.2) is 36.7 Å². The fraction of sp³-hybridized carbons (Fsp3) is 0.571. The van der Waals surface area contributed by atoms with Crippen LogP contribution in [0.4, 0.5) is 0 Å². The first-order chi connectivity index (χ1) is 12.1. The number of benzene rings is 1. The van der Waals surface area contributed by atoms with E-state index in [9.17, 15) is 0 Å². The summed E-state index contributed by atoms with van der Waals surface area (Å²) in [6, 6.07) is 8.80. The summed E-state index contributed by atoms with van der Waals surface area (Å²) in [7, 11) is 0. The molecule has 0 amide bonds. The lowest BCUT2D eigenvalue weighted by atomic mass is 9.87. The zero-order valence-corrected chi connectivity index (χ0v) is 15.4. The SMILES string of the molecule is CC1(C)C[C@@H](c2nccn2-c2ccccc2CN2CCCC2)CCO1. The average Bonchev–Trinajstić information content (AvgIpc) is 3.26. The topological polar surface area (TPSA) is 30.3 Å². The molecule has 0 radical (unpaired) electrons. The van der Waals surface area contributed by atoms with E-state index in [0.717, 1.165) is 26.0 Å². The van der Waals surface area contributed by atoms with E-state index in [2.05, 4.69) is 53.8 Å². The predicted octanol–water partition coefficient (Wildman–Crippen LogP) is 4.14. The third-order valence-electron chi connectivity index (χ3n) is 5.58. The Kier molecular flexibility index (Phi) is 4.65. The Bertz CT molecular complexity index is 715. The van der Waals surface area contributed by atoms with Crippen LogP contribution in [0.5, 0.6) is 0 Å². The molecule has 3 heterocycles. The molecule has 0 aliphatic carbocycles. The van der Waals surface area contributed by atoms with Crippen molar-refractivity contribution in [1.82, 2.24) is 14.5 Å². The minimum Gasteiger partial charge on any atom is -0.376 e. The van der Waals surface area contributed by atoms with E-state index in [1.165, 1.54) is 43.0 Å². The number of likely N-dealkylation sites (tertiary alicyclic amines) is 1. The highest BCUT2D eigenvalue weighted by Crippen LogP contribution is 2.36. The van der Waals surface area contributed by atoms with E-state index >= 15 is 0 Å². The lowest BCUT2D eigenvalue weighted by Gasteiger charge is -2.35. The number of para-hydroxylation sites is 1. The predicted molar refractivity (Wildman–Crippen MR) is 100 cm³/mol. The van der Waals surface area contributed by atoms with Crippen molar-refractivity contribution >= 4 is 0 Å². The summed E-state index contributed by atoms with van der Waals surface area (Å²) in [6.07, 6.45) is 8.81. The van der Waals surface area contributed by atoms with Crippen LogP contribution < -0.4 is 0 Å². The van der Waals surface area contributed by atoms with Crippen LogP contribution in [0.3, 0.4) is 0 Å². The first-order valence-corrected chi connectivity index (χ1v) is 9.60. The molecule has 25 heavy (non-hydrogen) atoms. The van der Waals surface area contributed by atoms with Crippen molar-refractivity contribution in [2.75, 3.05) is 19.7 Å². The number of rotatable bonds is 4. The lowest BCUT2D eigenvalue weighted by Crippen LogP contribution is -2.34. The fourth-order valence-electron chi connectivity index (χ4n) is 4.33. The van der Waals surface area contributed by atoms with E-state index in [1.54, 1.807) is 0 Å². The standard InChI is InChI=1S/C21H29N3O/c1-21(2)15-17(9-14-25-21)20-22-10-13-24(20)19-8-4-3-7-18(19)16-23-11-5-6-12-23/h3-4,7-8,10,13,17H,5-6,9,11-12,14-16H2,1-2H3/t17-/m0/s1. The maximum atomic E-state index is 5.91. The zero-order chi connectivity index (χ0) is 17.3. The van der Waals surface area contributed by atoms with Gasteiger partial charge in [0, 0.05) is 31.5 Å². The number of hydrogen-bond donors (Lipinski definition) is 0. The molecular formula is C21H29N3O. The van der Waals surface area contributed by atoms with Gasteiger partial charge in [-0.15, -0.1) is 0 Å². The number of nitrogens with zero attached hydrogens (tertiary/aromatic N) is 3. The van der Waals surface area contributed by atoms with Crippen LogP contribution >= 0.6 is 0 Å². The molecule has 2 aromatic rings. The molecule has 0 bridgehead atoms.